The highest BCUT2D eigenvalue weighted by molar-refractivity contribution is 6.61. The van der Waals surface area contributed by atoms with Crippen LogP contribution in [0.1, 0.15) is 55.5 Å². The van der Waals surface area contributed by atoms with Gasteiger partial charge in [0.1, 0.15) is 0 Å². The third kappa shape index (κ3) is 2.85. The summed E-state index contributed by atoms with van der Waals surface area (Å²) >= 11 is 0. The van der Waals surface area contributed by atoms with E-state index in [1.54, 1.807) is 27.7 Å². The van der Waals surface area contributed by atoms with Crippen LogP contribution in [0.25, 0.3) is 0 Å². The zero-order valence-corrected chi connectivity index (χ0v) is 12.7. The number of hydrogen-bond donors (Lipinski definition) is 1. The van der Waals surface area contributed by atoms with Crippen LogP contribution in [-0.2, 0) is 9.31 Å². The van der Waals surface area contributed by atoms with Crippen molar-refractivity contribution < 1.29 is 29.5 Å². The van der Waals surface area contributed by atoms with Crippen molar-refractivity contribution in [3.63, 3.8) is 0 Å². The molecule has 7 heteroatoms. The first kappa shape index (κ1) is 7.15. The molecule has 0 aliphatic carbocycles. The van der Waals surface area contributed by atoms with E-state index < -0.39 is 68.4 Å². The van der Waals surface area contributed by atoms with Gasteiger partial charge in [0.05, 0.1) is 21.4 Å². The fourth-order valence-corrected chi connectivity index (χ4v) is 1.81. The van der Waals surface area contributed by atoms with E-state index in [-0.39, 0.29) is 10.4 Å². The normalized spacial score (nSPS) is 42.7. The maximum atomic E-state index is 10.2. The molecule has 1 aromatic rings. The predicted molar refractivity (Wildman–Crippen MR) is 85.2 cm³/mol. The Morgan fingerprint density at radius 3 is 2.27 bits per heavy atom. The minimum atomic E-state index is -3.85. The molecule has 3 rings (SSSR count). The van der Waals surface area contributed by atoms with E-state index in [2.05, 4.69) is 9.97 Å². The molecule has 2 saturated heterocycles. The number of aliphatic hydroxyl groups is 1. The summed E-state index contributed by atoms with van der Waals surface area (Å²) in [5, 5.41) is 10.2. The molecule has 120 valence electrons. The van der Waals surface area contributed by atoms with Crippen LogP contribution < -0.4 is 10.4 Å². The molecule has 3 heterocycles. The first-order valence-electron chi connectivity index (χ1n) is 12.2. The summed E-state index contributed by atoms with van der Waals surface area (Å²) in [5.41, 5.74) is -1.90. The van der Waals surface area contributed by atoms with E-state index in [4.69, 9.17) is 24.4 Å². The molecule has 0 unspecified atom stereocenters. The number of aromatic nitrogens is 2. The highest BCUT2D eigenvalue weighted by atomic mass is 16.7. The molecule has 0 atom stereocenters. The van der Waals surface area contributed by atoms with Crippen molar-refractivity contribution in [3.8, 4) is 0 Å². The van der Waals surface area contributed by atoms with Crippen LogP contribution in [0.4, 0.5) is 5.95 Å². The van der Waals surface area contributed by atoms with Gasteiger partial charge in [-0.1, -0.05) is 0 Å². The van der Waals surface area contributed by atoms with Gasteiger partial charge in [0.25, 0.3) is 0 Å². The molecule has 0 radical (unpaired) electrons. The Hall–Kier alpha value is -1.18. The number of hydrogen-bond acceptors (Lipinski definition) is 6. The van der Waals surface area contributed by atoms with Crippen LogP contribution in [0.15, 0.2) is 12.3 Å². The summed E-state index contributed by atoms with van der Waals surface area (Å²) in [7, 11) is -1.24. The van der Waals surface area contributed by atoms with Crippen molar-refractivity contribution in [1.82, 2.24) is 9.97 Å². The molecular weight excluding hydrogens is 281 g/mol. The van der Waals surface area contributed by atoms with Crippen LogP contribution in [0.3, 0.4) is 0 Å². The fourth-order valence-electron chi connectivity index (χ4n) is 1.81. The second kappa shape index (κ2) is 5.47. The smallest absolute Gasteiger partial charge is 0.399 e. The minimum absolute atomic E-state index is 0.118. The van der Waals surface area contributed by atoms with E-state index >= 15 is 0 Å². The molecule has 2 aliphatic rings. The molecule has 0 saturated carbocycles. The van der Waals surface area contributed by atoms with Crippen molar-refractivity contribution in [2.45, 2.75) is 57.7 Å². The third-order valence-electron chi connectivity index (χ3n) is 3.81. The van der Waals surface area contributed by atoms with Crippen molar-refractivity contribution in [1.29, 1.82) is 0 Å². The molecule has 0 spiro atoms. The maximum absolute atomic E-state index is 10.2. The summed E-state index contributed by atoms with van der Waals surface area (Å²) in [4.78, 5) is 7.31. The van der Waals surface area contributed by atoms with Gasteiger partial charge in [0.15, 0.2) is 0 Å². The Bertz CT molecular complexity index is 920. The van der Waals surface area contributed by atoms with Gasteiger partial charge < -0.3 is 19.3 Å². The molecule has 6 nitrogen and oxygen atoms in total. The summed E-state index contributed by atoms with van der Waals surface area (Å²) in [5.74, 6) is -1.01. The van der Waals surface area contributed by atoms with Gasteiger partial charge in [0.2, 0.25) is 5.95 Å². The van der Waals surface area contributed by atoms with Crippen molar-refractivity contribution in [2.75, 3.05) is 17.9 Å². The first-order chi connectivity index (χ1) is 14.5. The van der Waals surface area contributed by atoms with E-state index in [1.165, 1.54) is 0 Å². The van der Waals surface area contributed by atoms with Crippen molar-refractivity contribution in [3.05, 3.63) is 12.3 Å². The van der Waals surface area contributed by atoms with Gasteiger partial charge >= 0.3 is 7.12 Å². The van der Waals surface area contributed by atoms with E-state index in [0.29, 0.717) is 0 Å². The third-order valence-corrected chi connectivity index (χ3v) is 3.81. The van der Waals surface area contributed by atoms with Crippen molar-refractivity contribution >= 4 is 18.5 Å². The average Bonchev–Trinajstić information content (AvgIpc) is 2.79. The molecule has 0 amide bonds. The number of rotatable bonds is 2. The lowest BCUT2D eigenvalue weighted by molar-refractivity contribution is 0.00578. The van der Waals surface area contributed by atoms with Crippen LogP contribution in [0, 0.1) is 0 Å². The lowest BCUT2D eigenvalue weighted by Gasteiger charge is -2.32. The highest BCUT2D eigenvalue weighted by Crippen LogP contribution is 2.36. The quantitative estimate of drug-likeness (QED) is 0.812. The van der Waals surface area contributed by atoms with Crippen LogP contribution in [0.2, 0.25) is 0 Å². The molecule has 1 aromatic heterocycles. The second-order valence-corrected chi connectivity index (χ2v) is 5.91. The highest BCUT2D eigenvalue weighted by Gasteiger charge is 2.51. The van der Waals surface area contributed by atoms with Gasteiger partial charge in [-0.3, -0.25) is 0 Å². The summed E-state index contributed by atoms with van der Waals surface area (Å²) in [6.07, 6.45) is -12.6. The SMILES string of the molecule is [2H]c1nc(N2C([2H])([2H])C([2H])([2H])C([2H])(O)C([2H])([2H])C2([2H])[2H])nc([2H])c1B1OC(C)(C)C(C)(C)O1. The number of nitrogens with zero attached hydrogens (tertiary/aromatic N) is 3. The Morgan fingerprint density at radius 1 is 1.27 bits per heavy atom. The van der Waals surface area contributed by atoms with Crippen LogP contribution >= 0.6 is 0 Å². The monoisotopic (exact) mass is 316 g/mol. The molecule has 22 heavy (non-hydrogen) atoms. The van der Waals surface area contributed by atoms with Gasteiger partial charge in [-0.2, -0.15) is 0 Å². The Balaban J connectivity index is 2.17. The maximum Gasteiger partial charge on any atom is 0.498 e. The summed E-state index contributed by atoms with van der Waals surface area (Å²) < 4.78 is 100. The zero-order valence-electron chi connectivity index (χ0n) is 23.7. The molecule has 2 fully saturated rings. The molecular formula is C15H24BN3O3. The Labute approximate surface area is 147 Å². The van der Waals surface area contributed by atoms with Gasteiger partial charge in [0, 0.05) is 41.8 Å². The summed E-state index contributed by atoms with van der Waals surface area (Å²) in [6, 6.07) is 0. The Kier molecular flexibility index (Phi) is 1.78. The lowest BCUT2D eigenvalue weighted by Crippen LogP contribution is -2.41. The predicted octanol–water partition coefficient (Wildman–Crippen LogP) is 0.737. The van der Waals surface area contributed by atoms with Crippen LogP contribution in [-0.4, -0.2) is 52.5 Å². The Morgan fingerprint density at radius 2 is 1.77 bits per heavy atom. The van der Waals surface area contributed by atoms with E-state index in [1.807, 2.05) is 0 Å². The average molecular weight is 316 g/mol. The van der Waals surface area contributed by atoms with Gasteiger partial charge in [-0.25, -0.2) is 9.97 Å². The molecule has 2 aliphatic heterocycles. The van der Waals surface area contributed by atoms with Crippen molar-refractivity contribution in [2.24, 2.45) is 0 Å². The lowest BCUT2D eigenvalue weighted by atomic mass is 9.81. The minimum Gasteiger partial charge on any atom is -0.399 e. The molecule has 0 bridgehead atoms. The summed E-state index contributed by atoms with van der Waals surface area (Å²) in [6.45, 7) is -0.194. The van der Waals surface area contributed by atoms with E-state index in [9.17, 15) is 5.11 Å². The second-order valence-electron chi connectivity index (χ2n) is 5.91. The molecule has 1 N–H and O–H groups in total. The van der Waals surface area contributed by atoms with Gasteiger partial charge in [-0.15, -0.1) is 0 Å². The molecule has 0 aromatic carbocycles. The topological polar surface area (TPSA) is 67.7 Å². The number of anilines is 1. The standard InChI is InChI=1S/C15H24BN3O3/c1-14(2)15(3,4)22-16(21-14)11-9-17-13(18-10-11)19-7-5-12(20)6-8-19/h9-10,12,20H,5-8H2,1-4H3/i5D2,6D2,7D2,8D2,9D,10D,12D. The first-order valence-corrected chi connectivity index (χ1v) is 6.71. The fraction of sp³-hybridized carbons (Fsp3) is 0.733. The zero-order chi connectivity index (χ0) is 25.8. The van der Waals surface area contributed by atoms with Crippen LogP contribution in [0.5, 0.6) is 0 Å². The van der Waals surface area contributed by atoms with Gasteiger partial charge in [-0.05, 0) is 40.4 Å². The van der Waals surface area contributed by atoms with E-state index in [0.717, 1.165) is 0 Å². The number of piperidine rings is 1. The largest absolute Gasteiger partial charge is 0.498 e.